The molecule has 30 heavy (non-hydrogen) atoms. The molecule has 1 aliphatic heterocycles. The third-order valence-corrected chi connectivity index (χ3v) is 6.23. The third-order valence-electron chi connectivity index (χ3n) is 5.14. The van der Waals surface area contributed by atoms with E-state index in [0.29, 0.717) is 23.5 Å². The molecule has 8 heteroatoms. The standard InChI is InChI=1S/C22H21N3O4S/c1-10-5-16-20(28-9-11(2)29-16)21-18(10)25-22(30-21)14-6-13(12(3)26)7-15-19(14)23-8-17(24-15)27-4/h5-8,11-12,26H,9H2,1-4H3. The predicted octanol–water partition coefficient (Wildman–Crippen LogP) is 4.44. The number of aliphatic hydroxyl groups is 1. The van der Waals surface area contributed by atoms with Gasteiger partial charge in [0.2, 0.25) is 5.88 Å². The molecule has 7 nitrogen and oxygen atoms in total. The first-order valence-electron chi connectivity index (χ1n) is 9.71. The van der Waals surface area contributed by atoms with Gasteiger partial charge in [0.1, 0.15) is 22.4 Å². The molecular formula is C22H21N3O4S. The third kappa shape index (κ3) is 3.03. The van der Waals surface area contributed by atoms with Crippen molar-refractivity contribution in [2.45, 2.75) is 33.0 Å². The Balaban J connectivity index is 1.76. The molecule has 0 saturated carbocycles. The SMILES string of the molecule is COc1cnc2c(-c3nc4c(C)cc5c(c4s3)OCC(C)O5)cc(C(C)O)cc2n1. The van der Waals surface area contributed by atoms with Crippen LogP contribution in [0.4, 0.5) is 0 Å². The molecule has 154 valence electrons. The summed E-state index contributed by atoms with van der Waals surface area (Å²) in [5, 5.41) is 11.0. The van der Waals surface area contributed by atoms with E-state index < -0.39 is 6.10 Å². The van der Waals surface area contributed by atoms with Gasteiger partial charge in [-0.05, 0) is 50.1 Å². The van der Waals surface area contributed by atoms with Crippen molar-refractivity contribution in [1.82, 2.24) is 15.0 Å². The smallest absolute Gasteiger partial charge is 0.232 e. The Morgan fingerprint density at radius 1 is 1.23 bits per heavy atom. The summed E-state index contributed by atoms with van der Waals surface area (Å²) in [5.41, 5.74) is 4.81. The molecule has 2 unspecified atom stereocenters. The minimum Gasteiger partial charge on any atom is -0.484 e. The second kappa shape index (κ2) is 7.07. The summed E-state index contributed by atoms with van der Waals surface area (Å²) in [6, 6.07) is 5.73. The quantitative estimate of drug-likeness (QED) is 0.521. The van der Waals surface area contributed by atoms with Gasteiger partial charge in [-0.2, -0.15) is 0 Å². The number of thiazole rings is 1. The molecule has 4 aromatic rings. The zero-order valence-corrected chi connectivity index (χ0v) is 17.9. The predicted molar refractivity (Wildman–Crippen MR) is 116 cm³/mol. The van der Waals surface area contributed by atoms with Gasteiger partial charge in [-0.25, -0.2) is 15.0 Å². The number of fused-ring (bicyclic) bond motifs is 4. The summed E-state index contributed by atoms with van der Waals surface area (Å²) in [7, 11) is 1.55. The lowest BCUT2D eigenvalue weighted by atomic mass is 10.0. The topological polar surface area (TPSA) is 86.6 Å². The number of rotatable bonds is 3. The maximum atomic E-state index is 10.2. The van der Waals surface area contributed by atoms with Crippen LogP contribution < -0.4 is 14.2 Å². The van der Waals surface area contributed by atoms with Crippen LogP contribution in [0.1, 0.15) is 31.1 Å². The second-order valence-electron chi connectivity index (χ2n) is 7.48. The highest BCUT2D eigenvalue weighted by Crippen LogP contribution is 2.46. The number of ether oxygens (including phenoxy) is 3. The lowest BCUT2D eigenvalue weighted by Crippen LogP contribution is -2.25. The molecule has 1 N–H and O–H groups in total. The highest BCUT2D eigenvalue weighted by Gasteiger charge is 2.25. The van der Waals surface area contributed by atoms with E-state index in [1.807, 2.05) is 32.0 Å². The molecule has 2 aromatic heterocycles. The Hall–Kier alpha value is -2.97. The van der Waals surface area contributed by atoms with E-state index >= 15 is 0 Å². The number of benzene rings is 2. The van der Waals surface area contributed by atoms with Gasteiger partial charge in [0.05, 0.1) is 36.0 Å². The van der Waals surface area contributed by atoms with Crippen LogP contribution in [0.25, 0.3) is 31.8 Å². The fourth-order valence-electron chi connectivity index (χ4n) is 3.61. The van der Waals surface area contributed by atoms with E-state index in [1.54, 1.807) is 20.2 Å². The Labute approximate surface area is 177 Å². The highest BCUT2D eigenvalue weighted by atomic mass is 32.1. The Kier molecular flexibility index (Phi) is 4.48. The first-order chi connectivity index (χ1) is 14.4. The van der Waals surface area contributed by atoms with Gasteiger partial charge < -0.3 is 19.3 Å². The van der Waals surface area contributed by atoms with E-state index in [2.05, 4.69) is 9.97 Å². The molecule has 1 aliphatic rings. The molecule has 2 atom stereocenters. The van der Waals surface area contributed by atoms with Crippen LogP contribution in [0.5, 0.6) is 17.4 Å². The van der Waals surface area contributed by atoms with Crippen LogP contribution in [-0.2, 0) is 0 Å². The maximum Gasteiger partial charge on any atom is 0.232 e. The van der Waals surface area contributed by atoms with Gasteiger partial charge in [0, 0.05) is 5.56 Å². The summed E-state index contributed by atoms with van der Waals surface area (Å²) < 4.78 is 18.1. The van der Waals surface area contributed by atoms with E-state index in [9.17, 15) is 5.11 Å². The van der Waals surface area contributed by atoms with Gasteiger partial charge >= 0.3 is 0 Å². The largest absolute Gasteiger partial charge is 0.484 e. The van der Waals surface area contributed by atoms with Crippen LogP contribution in [0.15, 0.2) is 24.4 Å². The van der Waals surface area contributed by atoms with Gasteiger partial charge in [-0.15, -0.1) is 11.3 Å². The fourth-order valence-corrected chi connectivity index (χ4v) is 4.76. The first-order valence-corrected chi connectivity index (χ1v) is 10.5. The van der Waals surface area contributed by atoms with Crippen LogP contribution >= 0.6 is 11.3 Å². The fraction of sp³-hybridized carbons (Fsp3) is 0.318. The number of hydrogen-bond acceptors (Lipinski definition) is 8. The van der Waals surface area contributed by atoms with Crippen molar-refractivity contribution >= 4 is 32.6 Å². The summed E-state index contributed by atoms with van der Waals surface area (Å²) in [6.45, 7) is 6.23. The summed E-state index contributed by atoms with van der Waals surface area (Å²) >= 11 is 1.53. The number of methoxy groups -OCH3 is 1. The van der Waals surface area contributed by atoms with Gasteiger partial charge in [0.25, 0.3) is 0 Å². The monoisotopic (exact) mass is 423 g/mol. The first kappa shape index (κ1) is 19.0. The summed E-state index contributed by atoms with van der Waals surface area (Å²) in [5.74, 6) is 1.91. The molecule has 0 fully saturated rings. The molecule has 0 radical (unpaired) electrons. The zero-order chi connectivity index (χ0) is 21.0. The lowest BCUT2D eigenvalue weighted by molar-refractivity contribution is 0.106. The normalized spacial score (nSPS) is 16.8. The molecule has 0 spiro atoms. The van der Waals surface area contributed by atoms with Crippen LogP contribution in [0.3, 0.4) is 0 Å². The number of aryl methyl sites for hydroxylation is 1. The summed E-state index contributed by atoms with van der Waals surface area (Å²) in [4.78, 5) is 14.0. The molecule has 3 heterocycles. The molecule has 0 aliphatic carbocycles. The average molecular weight is 423 g/mol. The Bertz CT molecular complexity index is 1280. The molecule has 2 aromatic carbocycles. The van der Waals surface area contributed by atoms with Crippen molar-refractivity contribution in [3.63, 3.8) is 0 Å². The number of aromatic nitrogens is 3. The number of nitrogens with zero attached hydrogens (tertiary/aromatic N) is 3. The minimum atomic E-state index is -0.650. The molecule has 0 saturated heterocycles. The maximum absolute atomic E-state index is 10.2. The van der Waals surface area contributed by atoms with Gasteiger partial charge in [-0.1, -0.05) is 0 Å². The molecular weight excluding hydrogens is 402 g/mol. The van der Waals surface area contributed by atoms with Crippen LogP contribution in [-0.4, -0.2) is 39.9 Å². The van der Waals surface area contributed by atoms with E-state index in [1.165, 1.54) is 11.3 Å². The van der Waals surface area contributed by atoms with Crippen molar-refractivity contribution in [3.05, 3.63) is 35.5 Å². The van der Waals surface area contributed by atoms with Crippen molar-refractivity contribution < 1.29 is 19.3 Å². The average Bonchev–Trinajstić information content (AvgIpc) is 3.18. The van der Waals surface area contributed by atoms with E-state index in [0.717, 1.165) is 43.4 Å². The van der Waals surface area contributed by atoms with Crippen molar-refractivity contribution in [1.29, 1.82) is 0 Å². The Morgan fingerprint density at radius 2 is 2.07 bits per heavy atom. The molecule has 5 rings (SSSR count). The number of hydrogen-bond donors (Lipinski definition) is 1. The van der Waals surface area contributed by atoms with Crippen molar-refractivity contribution in [2.24, 2.45) is 0 Å². The highest BCUT2D eigenvalue weighted by molar-refractivity contribution is 7.22. The van der Waals surface area contributed by atoms with Crippen molar-refractivity contribution in [3.8, 4) is 28.0 Å². The van der Waals surface area contributed by atoms with E-state index in [-0.39, 0.29) is 6.10 Å². The second-order valence-corrected chi connectivity index (χ2v) is 8.48. The van der Waals surface area contributed by atoms with Crippen LogP contribution in [0.2, 0.25) is 0 Å². The van der Waals surface area contributed by atoms with Crippen LogP contribution in [0, 0.1) is 6.92 Å². The number of aliphatic hydroxyl groups excluding tert-OH is 1. The lowest BCUT2D eigenvalue weighted by Gasteiger charge is -2.24. The van der Waals surface area contributed by atoms with E-state index in [4.69, 9.17) is 19.2 Å². The summed E-state index contributed by atoms with van der Waals surface area (Å²) in [6.07, 6.45) is 0.953. The van der Waals surface area contributed by atoms with Gasteiger partial charge in [0.15, 0.2) is 11.5 Å². The van der Waals surface area contributed by atoms with Crippen molar-refractivity contribution in [2.75, 3.05) is 13.7 Å². The van der Waals surface area contributed by atoms with Gasteiger partial charge in [-0.3, -0.25) is 0 Å². The molecule has 0 amide bonds. The minimum absolute atomic E-state index is 0.0127. The Morgan fingerprint density at radius 3 is 2.83 bits per heavy atom. The zero-order valence-electron chi connectivity index (χ0n) is 17.1. The molecule has 0 bridgehead atoms.